The molecule has 0 aromatic heterocycles. The van der Waals surface area contributed by atoms with Crippen molar-refractivity contribution in [2.75, 3.05) is 0 Å². The predicted octanol–water partition coefficient (Wildman–Crippen LogP) is -1.07. The Hall–Kier alpha value is 0.0325. The van der Waals surface area contributed by atoms with Gasteiger partial charge in [-0.05, 0) is 0 Å². The summed E-state index contributed by atoms with van der Waals surface area (Å²) in [6, 6.07) is 0. The topological polar surface area (TPSA) is 81.5 Å². The molecule has 4 nitrogen and oxygen atoms in total. The Kier molecular flexibility index (Phi) is 8.71. The molecular weight excluding hydrogens is 153 g/mol. The molecule has 7 heavy (non-hydrogen) atoms. The normalized spacial score (nSPS) is 8.00. The molecule has 0 saturated heterocycles. The Bertz CT molecular complexity index is 79.0. The second kappa shape index (κ2) is 6.03. The van der Waals surface area contributed by atoms with Crippen LogP contribution in [0.1, 0.15) is 0 Å². The van der Waals surface area contributed by atoms with Gasteiger partial charge in [0.15, 0.2) is 14.6 Å². The van der Waals surface area contributed by atoms with Crippen LogP contribution in [0.5, 0.6) is 0 Å². The monoisotopic (exact) mass is 159 g/mol. The average Bonchev–Trinajstić information content (AvgIpc) is 1.35. The van der Waals surface area contributed by atoms with Crippen molar-refractivity contribution in [2.45, 2.75) is 0 Å². The summed E-state index contributed by atoms with van der Waals surface area (Å²) in [5.41, 5.74) is 9.50. The van der Waals surface area contributed by atoms with E-state index in [0.717, 1.165) is 0 Å². The van der Waals surface area contributed by atoms with Gasteiger partial charge in [0, 0.05) is 17.4 Å². The number of hydrogen-bond acceptors (Lipinski definition) is 1. The number of guanidine groups is 1. The third kappa shape index (κ3) is 10.7. The van der Waals surface area contributed by atoms with Gasteiger partial charge in [-0.25, -0.2) is 0 Å². The summed E-state index contributed by atoms with van der Waals surface area (Å²) in [5.74, 6) is -0.111. The number of hydrogen-bond donors (Lipinski definition) is 2. The van der Waals surface area contributed by atoms with Crippen molar-refractivity contribution >= 4 is 14.6 Å². The molecule has 0 aliphatic heterocycles. The van der Waals surface area contributed by atoms with Gasteiger partial charge in [0.1, 0.15) is 0 Å². The van der Waals surface area contributed by atoms with Crippen LogP contribution in [-0.4, -0.2) is 5.96 Å². The van der Waals surface area contributed by atoms with E-state index in [2.05, 4.69) is 4.76 Å². The maximum absolute atomic E-state index is 9.48. The fraction of sp³-hybridized carbons (Fsp3) is 0. The van der Waals surface area contributed by atoms with Gasteiger partial charge in [-0.1, -0.05) is 0 Å². The molecule has 0 heterocycles. The van der Waals surface area contributed by atoms with Crippen molar-refractivity contribution in [2.24, 2.45) is 16.2 Å². The first-order valence-corrected chi connectivity index (χ1v) is 2.28. The molecule has 0 amide bonds. The standard InChI is InChI=1S/CH6N3OP.Cr/c2-1(3)4-6-5;/h6H2,(H4,2,3,4,5);. The summed E-state index contributed by atoms with van der Waals surface area (Å²) in [4.78, 5) is 0. The van der Waals surface area contributed by atoms with Crippen molar-refractivity contribution in [1.82, 2.24) is 0 Å². The molecular formula is CH6CrN3OP. The molecule has 0 bridgehead atoms. The van der Waals surface area contributed by atoms with E-state index < -0.39 is 8.61 Å². The van der Waals surface area contributed by atoms with E-state index >= 15 is 0 Å². The van der Waals surface area contributed by atoms with Crippen LogP contribution in [0.15, 0.2) is 4.76 Å². The summed E-state index contributed by atoms with van der Waals surface area (Å²) in [5, 5.41) is 0. The smallest absolute Gasteiger partial charge is 0.192 e. The Morgan fingerprint density at radius 1 is 1.57 bits per heavy atom. The predicted molar refractivity (Wildman–Crippen MR) is 26.2 cm³/mol. The first-order valence-electron chi connectivity index (χ1n) is 1.29. The maximum Gasteiger partial charge on any atom is 0.192 e. The third-order valence-electron chi connectivity index (χ3n) is 0.202. The van der Waals surface area contributed by atoms with Gasteiger partial charge in [0.05, 0.1) is 0 Å². The van der Waals surface area contributed by atoms with Crippen molar-refractivity contribution in [3.63, 3.8) is 0 Å². The Morgan fingerprint density at radius 2 is 2.00 bits per heavy atom. The minimum atomic E-state index is -1.16. The van der Waals surface area contributed by atoms with Crippen LogP contribution < -0.4 is 11.5 Å². The van der Waals surface area contributed by atoms with E-state index in [9.17, 15) is 4.57 Å². The molecule has 0 aromatic carbocycles. The molecule has 0 fully saturated rings. The van der Waals surface area contributed by atoms with Gasteiger partial charge < -0.3 is 16.0 Å². The van der Waals surface area contributed by atoms with E-state index in [-0.39, 0.29) is 23.3 Å². The summed E-state index contributed by atoms with van der Waals surface area (Å²) < 4.78 is 12.6. The SMILES string of the molecule is NC(N)=N[PH2]=O.[Cr]. The summed E-state index contributed by atoms with van der Waals surface area (Å²) >= 11 is 0. The molecule has 1 atom stereocenters. The zero-order chi connectivity index (χ0) is 4.99. The Balaban J connectivity index is 0. The molecule has 0 radical (unpaired) electrons. The van der Waals surface area contributed by atoms with Crippen LogP contribution in [-0.2, 0) is 21.9 Å². The quantitative estimate of drug-likeness (QED) is 0.290. The fourth-order valence-electron chi connectivity index (χ4n) is 0.0609. The van der Waals surface area contributed by atoms with Gasteiger partial charge in [-0.15, -0.1) is 0 Å². The van der Waals surface area contributed by atoms with Gasteiger partial charge in [-0.2, -0.15) is 4.76 Å². The van der Waals surface area contributed by atoms with E-state index in [4.69, 9.17) is 11.5 Å². The molecule has 42 valence electrons. The van der Waals surface area contributed by atoms with Crippen molar-refractivity contribution in [3.8, 4) is 0 Å². The van der Waals surface area contributed by atoms with Crippen LogP contribution in [0.4, 0.5) is 0 Å². The molecule has 4 N–H and O–H groups in total. The van der Waals surface area contributed by atoms with Gasteiger partial charge in [0.2, 0.25) is 0 Å². The zero-order valence-corrected chi connectivity index (χ0v) is 5.93. The fourth-order valence-corrected chi connectivity index (χ4v) is 0.183. The van der Waals surface area contributed by atoms with Crippen molar-refractivity contribution in [3.05, 3.63) is 0 Å². The summed E-state index contributed by atoms with van der Waals surface area (Å²) in [6.45, 7) is 0. The third-order valence-corrected chi connectivity index (χ3v) is 0.605. The minimum Gasteiger partial charge on any atom is -0.370 e. The van der Waals surface area contributed by atoms with Crippen LogP contribution in [0.25, 0.3) is 0 Å². The van der Waals surface area contributed by atoms with Gasteiger partial charge >= 0.3 is 0 Å². The molecule has 1 unspecified atom stereocenters. The van der Waals surface area contributed by atoms with E-state index in [0.29, 0.717) is 0 Å². The molecule has 0 saturated carbocycles. The molecule has 0 rings (SSSR count). The largest absolute Gasteiger partial charge is 0.370 e. The second-order valence-corrected chi connectivity index (χ2v) is 1.13. The maximum atomic E-state index is 9.48. The number of nitrogens with two attached hydrogens (primary N) is 2. The average molecular weight is 159 g/mol. The zero-order valence-electron chi connectivity index (χ0n) is 3.50. The molecule has 6 heteroatoms. The minimum absolute atomic E-state index is 0. The number of nitrogens with zero attached hydrogens (tertiary/aromatic N) is 1. The molecule has 0 spiro atoms. The van der Waals surface area contributed by atoms with Gasteiger partial charge in [-0.3, -0.25) is 0 Å². The first-order chi connectivity index (χ1) is 2.77. The van der Waals surface area contributed by atoms with Crippen LogP contribution in [0.3, 0.4) is 0 Å². The van der Waals surface area contributed by atoms with Crippen molar-refractivity contribution in [1.29, 1.82) is 0 Å². The van der Waals surface area contributed by atoms with Gasteiger partial charge in [0.25, 0.3) is 0 Å². The molecule has 0 aromatic rings. The van der Waals surface area contributed by atoms with Crippen LogP contribution in [0.2, 0.25) is 0 Å². The second-order valence-electron chi connectivity index (χ2n) is 0.659. The number of rotatable bonds is 1. The Morgan fingerprint density at radius 3 is 2.00 bits per heavy atom. The van der Waals surface area contributed by atoms with E-state index in [1.165, 1.54) is 0 Å². The van der Waals surface area contributed by atoms with E-state index in [1.807, 2.05) is 0 Å². The van der Waals surface area contributed by atoms with Crippen molar-refractivity contribution < 1.29 is 21.9 Å². The van der Waals surface area contributed by atoms with Crippen LogP contribution >= 0.6 is 8.61 Å². The molecule has 0 aliphatic carbocycles. The Labute approximate surface area is 53.4 Å². The van der Waals surface area contributed by atoms with Crippen LogP contribution in [0, 0.1) is 0 Å². The summed E-state index contributed by atoms with van der Waals surface area (Å²) in [6.07, 6.45) is 0. The summed E-state index contributed by atoms with van der Waals surface area (Å²) in [7, 11) is -1.16. The van der Waals surface area contributed by atoms with E-state index in [1.54, 1.807) is 0 Å². The first kappa shape index (κ1) is 10.1. The molecule has 0 aliphatic rings.